The summed E-state index contributed by atoms with van der Waals surface area (Å²) in [6.45, 7) is 3.54. The van der Waals surface area contributed by atoms with Crippen molar-refractivity contribution >= 4 is 46.0 Å². The average molecular weight is 498 g/mol. The molecule has 0 radical (unpaired) electrons. The zero-order valence-electron chi connectivity index (χ0n) is 18.8. The first-order chi connectivity index (χ1) is 16.7. The number of aryl methyl sites for hydroxylation is 1. The quantitative estimate of drug-likeness (QED) is 0.323. The van der Waals surface area contributed by atoms with Gasteiger partial charge in [-0.3, -0.25) is 30.4 Å². The van der Waals surface area contributed by atoms with Gasteiger partial charge in [0.2, 0.25) is 0 Å². The van der Waals surface area contributed by atoms with Crippen molar-refractivity contribution in [1.82, 2.24) is 0 Å². The van der Waals surface area contributed by atoms with Gasteiger partial charge in [-0.2, -0.15) is 5.10 Å². The van der Waals surface area contributed by atoms with E-state index in [1.165, 1.54) is 6.07 Å². The van der Waals surface area contributed by atoms with Crippen LogP contribution in [0.2, 0.25) is 5.02 Å². The molecule has 0 saturated heterocycles. The van der Waals surface area contributed by atoms with Crippen LogP contribution < -0.4 is 10.7 Å². The second-order valence-electron chi connectivity index (χ2n) is 7.96. The number of anilines is 2. The Morgan fingerprint density at radius 1 is 1.06 bits per heavy atom. The highest BCUT2D eigenvalue weighted by Crippen LogP contribution is 2.33. The topological polar surface area (TPSA) is 153 Å². The standard InChI is InChI=1S/C23H20ClN5O6/c1-12-15(24)5-3-6-16(12)25-23(30)22-13(2)21-18(7-4-8-20(21)35-22)27-26-17-10-9-14(28(31)32)11-19(17)29(33)34/h3,5-6,9-11,26H,4,7-8H2,1-2H3,(H,25,30)/b27-18+. The van der Waals surface area contributed by atoms with Crippen LogP contribution in [0.4, 0.5) is 22.7 Å². The first-order valence-electron chi connectivity index (χ1n) is 10.6. The van der Waals surface area contributed by atoms with Crippen LogP contribution in [0.25, 0.3) is 0 Å². The average Bonchev–Trinajstić information content (AvgIpc) is 3.17. The fraction of sp³-hybridized carbons (Fsp3) is 0.217. The number of carbonyl (C=O) groups is 1. The highest BCUT2D eigenvalue weighted by molar-refractivity contribution is 6.31. The Morgan fingerprint density at radius 3 is 2.54 bits per heavy atom. The Morgan fingerprint density at radius 2 is 1.83 bits per heavy atom. The Hall–Kier alpha value is -4.25. The third kappa shape index (κ3) is 4.71. The summed E-state index contributed by atoms with van der Waals surface area (Å²) < 4.78 is 5.89. The number of carbonyl (C=O) groups excluding carboxylic acids is 1. The van der Waals surface area contributed by atoms with Gasteiger partial charge < -0.3 is 9.73 Å². The van der Waals surface area contributed by atoms with Crippen LogP contribution in [0.3, 0.4) is 0 Å². The monoisotopic (exact) mass is 497 g/mol. The minimum absolute atomic E-state index is 0.00997. The van der Waals surface area contributed by atoms with Crippen LogP contribution in [-0.2, 0) is 6.42 Å². The molecule has 3 aromatic rings. The van der Waals surface area contributed by atoms with Crippen LogP contribution in [-0.4, -0.2) is 21.5 Å². The number of benzene rings is 2. The summed E-state index contributed by atoms with van der Waals surface area (Å²) >= 11 is 6.14. The molecule has 0 spiro atoms. The molecule has 0 atom stereocenters. The Kier molecular flexibility index (Phi) is 6.52. The number of rotatable bonds is 6. The molecule has 180 valence electrons. The number of non-ortho nitro benzene ring substituents is 1. The van der Waals surface area contributed by atoms with Crippen molar-refractivity contribution in [3.63, 3.8) is 0 Å². The van der Waals surface area contributed by atoms with Gasteiger partial charge in [0.05, 0.1) is 21.6 Å². The summed E-state index contributed by atoms with van der Waals surface area (Å²) in [6.07, 6.45) is 1.86. The van der Waals surface area contributed by atoms with Crippen LogP contribution in [0, 0.1) is 34.1 Å². The summed E-state index contributed by atoms with van der Waals surface area (Å²) in [5, 5.41) is 30.0. The van der Waals surface area contributed by atoms with E-state index in [0.29, 0.717) is 52.6 Å². The minimum atomic E-state index is -0.717. The number of hydrazone groups is 1. The summed E-state index contributed by atoms with van der Waals surface area (Å²) in [5.41, 5.74) is 4.92. The van der Waals surface area contributed by atoms with Crippen molar-refractivity contribution in [3.8, 4) is 0 Å². The molecule has 11 nitrogen and oxygen atoms in total. The number of nitrogens with one attached hydrogen (secondary N) is 2. The van der Waals surface area contributed by atoms with E-state index in [1.54, 1.807) is 32.0 Å². The van der Waals surface area contributed by atoms with E-state index in [1.807, 2.05) is 0 Å². The van der Waals surface area contributed by atoms with Crippen molar-refractivity contribution in [1.29, 1.82) is 0 Å². The molecule has 1 heterocycles. The molecule has 0 unspecified atom stereocenters. The predicted molar refractivity (Wildman–Crippen MR) is 130 cm³/mol. The van der Waals surface area contributed by atoms with Gasteiger partial charge in [0, 0.05) is 34.3 Å². The zero-order chi connectivity index (χ0) is 25.3. The molecule has 12 heteroatoms. The number of hydrogen-bond acceptors (Lipinski definition) is 8. The van der Waals surface area contributed by atoms with Crippen LogP contribution in [0.15, 0.2) is 45.9 Å². The zero-order valence-corrected chi connectivity index (χ0v) is 19.5. The molecule has 0 fully saturated rings. The third-order valence-corrected chi connectivity index (χ3v) is 6.16. The smallest absolute Gasteiger partial charge is 0.301 e. The fourth-order valence-electron chi connectivity index (χ4n) is 3.93. The number of furan rings is 1. The Bertz CT molecular complexity index is 1400. The highest BCUT2D eigenvalue weighted by atomic mass is 35.5. The van der Waals surface area contributed by atoms with E-state index < -0.39 is 27.1 Å². The van der Waals surface area contributed by atoms with Gasteiger partial charge in [-0.25, -0.2) is 0 Å². The molecule has 1 aliphatic carbocycles. The molecule has 1 aromatic heterocycles. The first-order valence-corrected chi connectivity index (χ1v) is 11.0. The number of nitro benzene ring substituents is 2. The second kappa shape index (κ2) is 9.55. The number of fused-ring (bicyclic) bond motifs is 1. The van der Waals surface area contributed by atoms with E-state index in [9.17, 15) is 25.0 Å². The largest absolute Gasteiger partial charge is 0.455 e. The van der Waals surface area contributed by atoms with Gasteiger partial charge in [0.15, 0.2) is 5.76 Å². The van der Waals surface area contributed by atoms with E-state index >= 15 is 0 Å². The van der Waals surface area contributed by atoms with Gasteiger partial charge >= 0.3 is 5.69 Å². The molecule has 1 aliphatic rings. The van der Waals surface area contributed by atoms with Crippen LogP contribution >= 0.6 is 11.6 Å². The number of halogens is 1. The third-order valence-electron chi connectivity index (χ3n) is 5.75. The molecule has 0 saturated carbocycles. The van der Waals surface area contributed by atoms with Crippen molar-refractivity contribution in [2.24, 2.45) is 5.10 Å². The molecule has 0 aliphatic heterocycles. The lowest BCUT2D eigenvalue weighted by Gasteiger charge is -2.14. The van der Waals surface area contributed by atoms with Crippen molar-refractivity contribution in [2.75, 3.05) is 10.7 Å². The van der Waals surface area contributed by atoms with Gasteiger partial charge in [0.25, 0.3) is 11.6 Å². The van der Waals surface area contributed by atoms with Gasteiger partial charge in [-0.15, -0.1) is 0 Å². The van der Waals surface area contributed by atoms with Crippen LogP contribution in [0.5, 0.6) is 0 Å². The molecule has 2 N–H and O–H groups in total. The number of nitro groups is 2. The molecule has 0 bridgehead atoms. The molecule has 1 amide bonds. The highest BCUT2D eigenvalue weighted by Gasteiger charge is 2.28. The minimum Gasteiger partial charge on any atom is -0.455 e. The fourth-order valence-corrected chi connectivity index (χ4v) is 4.10. The van der Waals surface area contributed by atoms with Crippen molar-refractivity contribution in [3.05, 3.63) is 89.9 Å². The Balaban J connectivity index is 1.64. The summed E-state index contributed by atoms with van der Waals surface area (Å²) in [7, 11) is 0. The van der Waals surface area contributed by atoms with Gasteiger partial charge in [0.1, 0.15) is 11.4 Å². The van der Waals surface area contributed by atoms with E-state index in [4.69, 9.17) is 16.0 Å². The van der Waals surface area contributed by atoms with E-state index in [-0.39, 0.29) is 11.4 Å². The molecular weight excluding hydrogens is 478 g/mol. The maximum absolute atomic E-state index is 13.0. The summed E-state index contributed by atoms with van der Waals surface area (Å²) in [5.74, 6) is 0.311. The lowest BCUT2D eigenvalue weighted by Crippen LogP contribution is -2.15. The van der Waals surface area contributed by atoms with E-state index in [0.717, 1.165) is 17.7 Å². The molecule has 2 aromatic carbocycles. The number of nitrogens with zero attached hydrogens (tertiary/aromatic N) is 3. The van der Waals surface area contributed by atoms with Crippen molar-refractivity contribution in [2.45, 2.75) is 33.1 Å². The van der Waals surface area contributed by atoms with Crippen LogP contribution in [0.1, 0.15) is 45.8 Å². The predicted octanol–water partition coefficient (Wildman–Crippen LogP) is 5.77. The molecule has 35 heavy (non-hydrogen) atoms. The summed E-state index contributed by atoms with van der Waals surface area (Å²) in [4.78, 5) is 33.9. The van der Waals surface area contributed by atoms with Gasteiger partial charge in [-0.05, 0) is 50.5 Å². The second-order valence-corrected chi connectivity index (χ2v) is 8.37. The maximum Gasteiger partial charge on any atom is 0.301 e. The molecule has 4 rings (SSSR count). The molecular formula is C23H20ClN5O6. The Labute approximate surface area is 204 Å². The first kappa shape index (κ1) is 23.9. The lowest BCUT2D eigenvalue weighted by molar-refractivity contribution is -0.393. The summed E-state index contributed by atoms with van der Waals surface area (Å²) in [6, 6.07) is 8.47. The van der Waals surface area contributed by atoms with Crippen molar-refractivity contribution < 1.29 is 19.1 Å². The maximum atomic E-state index is 13.0. The number of amides is 1. The normalized spacial score (nSPS) is 13.9. The SMILES string of the molecule is Cc1c(Cl)cccc1NC(=O)c1oc2c(c1C)/C(=N/Nc1ccc([N+](=O)[O-])cc1[N+](=O)[O-])CCC2. The lowest BCUT2D eigenvalue weighted by atomic mass is 9.93. The van der Waals surface area contributed by atoms with E-state index in [2.05, 4.69) is 15.8 Å². The number of hydrogen-bond donors (Lipinski definition) is 2. The van der Waals surface area contributed by atoms with Gasteiger partial charge in [-0.1, -0.05) is 17.7 Å².